The molecule has 0 aliphatic rings. The Labute approximate surface area is 123 Å². The maximum absolute atomic E-state index is 12.1. The van der Waals surface area contributed by atoms with Gasteiger partial charge in [-0.3, -0.25) is 4.79 Å². The Hall–Kier alpha value is -0.910. The topological polar surface area (TPSA) is 33.2 Å². The molecule has 0 aliphatic heterocycles. The fourth-order valence-electron chi connectivity index (χ4n) is 1.47. The van der Waals surface area contributed by atoms with Crippen LogP contribution in [0.5, 0.6) is 0 Å². The average Bonchev–Trinajstić information content (AvgIpc) is 2.73. The Morgan fingerprint density at radius 3 is 2.83 bits per heavy atom. The van der Waals surface area contributed by atoms with Gasteiger partial charge in [0.1, 0.15) is 10.3 Å². The van der Waals surface area contributed by atoms with E-state index in [0.717, 1.165) is 9.21 Å². The molecule has 0 unspecified atom stereocenters. The van der Waals surface area contributed by atoms with Crippen LogP contribution in [0.15, 0.2) is 34.9 Å². The second-order valence-electron chi connectivity index (χ2n) is 3.71. The minimum Gasteiger partial charge on any atom is -0.335 e. The number of amides is 1. The molecule has 6 heteroatoms. The molecule has 0 bridgehead atoms. The van der Waals surface area contributed by atoms with E-state index >= 15 is 0 Å². The van der Waals surface area contributed by atoms with E-state index in [1.807, 2.05) is 12.1 Å². The van der Waals surface area contributed by atoms with Gasteiger partial charge in [0.25, 0.3) is 5.91 Å². The average molecular weight is 346 g/mol. The van der Waals surface area contributed by atoms with Crippen molar-refractivity contribution in [2.24, 2.45) is 0 Å². The van der Waals surface area contributed by atoms with Crippen molar-refractivity contribution in [2.75, 3.05) is 7.05 Å². The monoisotopic (exact) mass is 344 g/mol. The largest absolute Gasteiger partial charge is 0.335 e. The van der Waals surface area contributed by atoms with Gasteiger partial charge in [0.05, 0.1) is 10.9 Å². The van der Waals surface area contributed by atoms with Gasteiger partial charge in [-0.25, -0.2) is 4.98 Å². The molecule has 0 fully saturated rings. The first kappa shape index (κ1) is 13.5. The van der Waals surface area contributed by atoms with Crippen LogP contribution in [0, 0.1) is 0 Å². The first-order valence-electron chi connectivity index (χ1n) is 5.18. The summed E-state index contributed by atoms with van der Waals surface area (Å²) in [6.45, 7) is 0.532. The molecule has 0 aliphatic carbocycles. The summed E-state index contributed by atoms with van der Waals surface area (Å²) >= 11 is 10.6. The molecule has 0 radical (unpaired) electrons. The second-order valence-corrected chi connectivity index (χ2v) is 6.32. The van der Waals surface area contributed by atoms with E-state index in [4.69, 9.17) is 11.6 Å². The quantitative estimate of drug-likeness (QED) is 0.792. The smallest absolute Gasteiger partial charge is 0.272 e. The van der Waals surface area contributed by atoms with Crippen molar-refractivity contribution in [2.45, 2.75) is 6.54 Å². The molecular weight excluding hydrogens is 336 g/mol. The SMILES string of the molecule is CN(Cc1ccc(Cl)s1)C(=O)c1cccc(Br)n1. The van der Waals surface area contributed by atoms with Gasteiger partial charge in [0.15, 0.2) is 0 Å². The van der Waals surface area contributed by atoms with Gasteiger partial charge in [-0.05, 0) is 40.2 Å². The van der Waals surface area contributed by atoms with Gasteiger partial charge in [-0.2, -0.15) is 0 Å². The van der Waals surface area contributed by atoms with Crippen molar-refractivity contribution < 1.29 is 4.79 Å². The van der Waals surface area contributed by atoms with Crippen LogP contribution in [0.3, 0.4) is 0 Å². The van der Waals surface area contributed by atoms with Crippen LogP contribution in [-0.2, 0) is 6.54 Å². The van der Waals surface area contributed by atoms with Crippen molar-refractivity contribution in [1.29, 1.82) is 0 Å². The molecule has 0 saturated heterocycles. The third-order valence-corrected chi connectivity index (χ3v) is 3.96. The molecule has 0 atom stereocenters. The fraction of sp³-hybridized carbons (Fsp3) is 0.167. The van der Waals surface area contributed by atoms with E-state index in [-0.39, 0.29) is 5.91 Å². The normalized spacial score (nSPS) is 10.4. The molecular formula is C12H10BrClN2OS. The molecule has 2 heterocycles. The van der Waals surface area contributed by atoms with Gasteiger partial charge >= 0.3 is 0 Å². The van der Waals surface area contributed by atoms with Crippen LogP contribution < -0.4 is 0 Å². The van der Waals surface area contributed by atoms with Gasteiger partial charge in [0, 0.05) is 11.9 Å². The van der Waals surface area contributed by atoms with E-state index in [2.05, 4.69) is 20.9 Å². The summed E-state index contributed by atoms with van der Waals surface area (Å²) in [5.41, 5.74) is 0.425. The third kappa shape index (κ3) is 3.31. The van der Waals surface area contributed by atoms with Gasteiger partial charge in [-0.15, -0.1) is 11.3 Å². The number of pyridine rings is 1. The lowest BCUT2D eigenvalue weighted by Gasteiger charge is -2.15. The molecule has 0 aromatic carbocycles. The molecule has 2 rings (SSSR count). The molecule has 18 heavy (non-hydrogen) atoms. The first-order valence-corrected chi connectivity index (χ1v) is 7.17. The number of halogens is 2. The molecule has 0 spiro atoms. The highest BCUT2D eigenvalue weighted by molar-refractivity contribution is 9.10. The maximum Gasteiger partial charge on any atom is 0.272 e. The maximum atomic E-state index is 12.1. The molecule has 94 valence electrons. The second kappa shape index (κ2) is 5.82. The highest BCUT2D eigenvalue weighted by Gasteiger charge is 2.14. The number of hydrogen-bond acceptors (Lipinski definition) is 3. The fourth-order valence-corrected chi connectivity index (χ4v) is 2.95. The van der Waals surface area contributed by atoms with E-state index in [9.17, 15) is 4.79 Å². The molecule has 1 amide bonds. The Bertz CT molecular complexity index is 573. The molecule has 2 aromatic heterocycles. The highest BCUT2D eigenvalue weighted by Crippen LogP contribution is 2.22. The number of carbonyl (C=O) groups is 1. The van der Waals surface area contributed by atoms with Crippen LogP contribution in [0.4, 0.5) is 0 Å². The number of rotatable bonds is 3. The van der Waals surface area contributed by atoms with Gasteiger partial charge in [-0.1, -0.05) is 17.7 Å². The summed E-state index contributed by atoms with van der Waals surface area (Å²) in [6, 6.07) is 9.03. The van der Waals surface area contributed by atoms with Gasteiger partial charge < -0.3 is 4.90 Å². The number of carbonyl (C=O) groups excluding carboxylic acids is 1. The predicted molar refractivity (Wildman–Crippen MR) is 77.1 cm³/mol. The Morgan fingerprint density at radius 1 is 1.44 bits per heavy atom. The van der Waals surface area contributed by atoms with Crippen LogP contribution >= 0.6 is 38.9 Å². The summed E-state index contributed by atoms with van der Waals surface area (Å²) in [5, 5.41) is 0. The molecule has 0 N–H and O–H groups in total. The molecule has 3 nitrogen and oxygen atoms in total. The van der Waals surface area contributed by atoms with Crippen LogP contribution in [0.25, 0.3) is 0 Å². The van der Waals surface area contributed by atoms with Crippen LogP contribution in [0.2, 0.25) is 4.34 Å². The van der Waals surface area contributed by atoms with Crippen LogP contribution in [0.1, 0.15) is 15.4 Å². The standard InChI is InChI=1S/C12H10BrClN2OS/c1-16(7-8-5-6-11(14)18-8)12(17)9-3-2-4-10(13)15-9/h2-6H,7H2,1H3. The third-order valence-electron chi connectivity index (χ3n) is 2.30. The first-order chi connectivity index (χ1) is 8.56. The van der Waals surface area contributed by atoms with Gasteiger partial charge in [0.2, 0.25) is 0 Å². The number of thiophene rings is 1. The van der Waals surface area contributed by atoms with Crippen molar-refractivity contribution in [3.63, 3.8) is 0 Å². The van der Waals surface area contributed by atoms with Crippen molar-refractivity contribution >= 4 is 44.8 Å². The summed E-state index contributed by atoms with van der Waals surface area (Å²) in [4.78, 5) is 18.9. The summed E-state index contributed by atoms with van der Waals surface area (Å²) in [7, 11) is 1.75. The molecule has 2 aromatic rings. The van der Waals surface area contributed by atoms with E-state index in [0.29, 0.717) is 16.8 Å². The zero-order chi connectivity index (χ0) is 13.1. The number of hydrogen-bond donors (Lipinski definition) is 0. The predicted octanol–water partition coefficient (Wildman–Crippen LogP) is 3.83. The molecule has 0 saturated carbocycles. The Morgan fingerprint density at radius 2 is 2.22 bits per heavy atom. The lowest BCUT2D eigenvalue weighted by atomic mass is 10.3. The zero-order valence-corrected chi connectivity index (χ0v) is 12.7. The highest BCUT2D eigenvalue weighted by atomic mass is 79.9. The van der Waals surface area contributed by atoms with E-state index < -0.39 is 0 Å². The minimum absolute atomic E-state index is 0.110. The minimum atomic E-state index is -0.110. The lowest BCUT2D eigenvalue weighted by Crippen LogP contribution is -2.26. The summed E-state index contributed by atoms with van der Waals surface area (Å²) < 4.78 is 1.38. The summed E-state index contributed by atoms with van der Waals surface area (Å²) in [5.74, 6) is -0.110. The van der Waals surface area contributed by atoms with Crippen LogP contribution in [-0.4, -0.2) is 22.8 Å². The van der Waals surface area contributed by atoms with E-state index in [1.165, 1.54) is 11.3 Å². The zero-order valence-electron chi connectivity index (χ0n) is 9.56. The Balaban J connectivity index is 2.09. The summed E-state index contributed by atoms with van der Waals surface area (Å²) in [6.07, 6.45) is 0. The number of nitrogens with zero attached hydrogens (tertiary/aromatic N) is 2. The lowest BCUT2D eigenvalue weighted by molar-refractivity contribution is 0.0780. The Kier molecular flexibility index (Phi) is 4.37. The van der Waals surface area contributed by atoms with Crippen molar-refractivity contribution in [3.05, 3.63) is 49.8 Å². The number of aromatic nitrogens is 1. The van der Waals surface area contributed by atoms with Crippen molar-refractivity contribution in [1.82, 2.24) is 9.88 Å². The van der Waals surface area contributed by atoms with E-state index in [1.54, 1.807) is 30.1 Å². The van der Waals surface area contributed by atoms with Crippen molar-refractivity contribution in [3.8, 4) is 0 Å².